The molecule has 29 heavy (non-hydrogen) atoms. The van der Waals surface area contributed by atoms with Crippen LogP contribution in [0.2, 0.25) is 5.02 Å². The van der Waals surface area contributed by atoms with E-state index in [0.717, 1.165) is 16.2 Å². The van der Waals surface area contributed by atoms with Gasteiger partial charge in [0.15, 0.2) is 0 Å². The minimum atomic E-state index is -3.72. The van der Waals surface area contributed by atoms with Gasteiger partial charge >= 0.3 is 0 Å². The van der Waals surface area contributed by atoms with Crippen LogP contribution in [-0.4, -0.2) is 65.3 Å². The molecule has 0 spiro atoms. The van der Waals surface area contributed by atoms with Crippen LogP contribution in [-0.2, 0) is 14.8 Å². The predicted octanol–water partition coefficient (Wildman–Crippen LogP) is 2.46. The van der Waals surface area contributed by atoms with Gasteiger partial charge in [0.05, 0.1) is 19.1 Å². The standard InChI is InChI=1S/C20H24ClN3O4S/c1-28-19-9-8-16(21)14-18(19)24(29(2,26)27)15-20(25)23-12-10-22(11-13-23)17-6-4-3-5-7-17/h3-9,14H,10-13,15H2,1-2H3. The average molecular weight is 438 g/mol. The fourth-order valence-electron chi connectivity index (χ4n) is 3.31. The minimum Gasteiger partial charge on any atom is -0.495 e. The molecule has 0 N–H and O–H groups in total. The van der Waals surface area contributed by atoms with E-state index in [1.165, 1.54) is 13.2 Å². The molecule has 1 aliphatic rings. The number of para-hydroxylation sites is 1. The molecule has 9 heteroatoms. The zero-order valence-electron chi connectivity index (χ0n) is 16.4. The molecule has 7 nitrogen and oxygen atoms in total. The van der Waals surface area contributed by atoms with Crippen LogP contribution in [0.5, 0.6) is 5.75 Å². The molecule has 0 aromatic heterocycles. The largest absolute Gasteiger partial charge is 0.495 e. The van der Waals surface area contributed by atoms with Crippen molar-refractivity contribution in [3.8, 4) is 5.75 Å². The molecule has 1 heterocycles. The van der Waals surface area contributed by atoms with E-state index in [1.54, 1.807) is 17.0 Å². The van der Waals surface area contributed by atoms with Crippen molar-refractivity contribution < 1.29 is 17.9 Å². The zero-order valence-corrected chi connectivity index (χ0v) is 18.0. The van der Waals surface area contributed by atoms with Gasteiger partial charge in [-0.3, -0.25) is 9.10 Å². The van der Waals surface area contributed by atoms with Crippen LogP contribution in [0.3, 0.4) is 0 Å². The smallest absolute Gasteiger partial charge is 0.243 e. The normalized spacial score (nSPS) is 14.6. The number of piperazine rings is 1. The number of amides is 1. The monoisotopic (exact) mass is 437 g/mol. The third-order valence-electron chi connectivity index (χ3n) is 4.84. The number of carbonyl (C=O) groups excluding carboxylic acids is 1. The predicted molar refractivity (Wildman–Crippen MR) is 115 cm³/mol. The zero-order chi connectivity index (χ0) is 21.0. The lowest BCUT2D eigenvalue weighted by Crippen LogP contribution is -2.52. The number of halogens is 1. The Hall–Kier alpha value is -2.45. The molecule has 0 radical (unpaired) electrons. The Morgan fingerprint density at radius 3 is 2.34 bits per heavy atom. The Morgan fingerprint density at radius 1 is 1.10 bits per heavy atom. The summed E-state index contributed by atoms with van der Waals surface area (Å²) in [5, 5.41) is 0.360. The maximum absolute atomic E-state index is 12.9. The number of nitrogens with zero attached hydrogens (tertiary/aromatic N) is 3. The van der Waals surface area contributed by atoms with Gasteiger partial charge in [0.1, 0.15) is 12.3 Å². The summed E-state index contributed by atoms with van der Waals surface area (Å²) in [6.45, 7) is 2.13. The lowest BCUT2D eigenvalue weighted by molar-refractivity contribution is -0.129. The summed E-state index contributed by atoms with van der Waals surface area (Å²) in [7, 11) is -2.28. The van der Waals surface area contributed by atoms with Crippen LogP contribution in [0.1, 0.15) is 0 Å². The third-order valence-corrected chi connectivity index (χ3v) is 6.20. The van der Waals surface area contributed by atoms with E-state index in [9.17, 15) is 13.2 Å². The maximum Gasteiger partial charge on any atom is 0.243 e. The summed E-state index contributed by atoms with van der Waals surface area (Å²) in [6.07, 6.45) is 1.06. The maximum atomic E-state index is 12.9. The van der Waals surface area contributed by atoms with Gasteiger partial charge in [-0.2, -0.15) is 0 Å². The second kappa shape index (κ2) is 8.92. The third kappa shape index (κ3) is 5.13. The molecule has 1 saturated heterocycles. The molecule has 2 aromatic rings. The van der Waals surface area contributed by atoms with E-state index in [-0.39, 0.29) is 18.1 Å². The second-order valence-corrected chi connectivity index (χ2v) is 9.13. The van der Waals surface area contributed by atoms with Crippen LogP contribution >= 0.6 is 11.6 Å². The van der Waals surface area contributed by atoms with Gasteiger partial charge in [0.2, 0.25) is 15.9 Å². The molecule has 1 fully saturated rings. The van der Waals surface area contributed by atoms with E-state index in [2.05, 4.69) is 4.90 Å². The van der Waals surface area contributed by atoms with Crippen LogP contribution in [0.15, 0.2) is 48.5 Å². The van der Waals surface area contributed by atoms with Crippen molar-refractivity contribution in [3.63, 3.8) is 0 Å². The van der Waals surface area contributed by atoms with Crippen molar-refractivity contribution in [2.24, 2.45) is 0 Å². The molecule has 156 valence electrons. The lowest BCUT2D eigenvalue weighted by Gasteiger charge is -2.37. The highest BCUT2D eigenvalue weighted by Crippen LogP contribution is 2.32. The highest BCUT2D eigenvalue weighted by atomic mass is 35.5. The Morgan fingerprint density at radius 2 is 1.76 bits per heavy atom. The number of rotatable bonds is 6. The second-order valence-electron chi connectivity index (χ2n) is 6.79. The summed E-state index contributed by atoms with van der Waals surface area (Å²) < 4.78 is 31.1. The molecule has 3 rings (SSSR count). The Bertz CT molecular complexity index is 961. The van der Waals surface area contributed by atoms with Crippen LogP contribution in [0.25, 0.3) is 0 Å². The van der Waals surface area contributed by atoms with Crippen molar-refractivity contribution in [3.05, 3.63) is 53.6 Å². The van der Waals surface area contributed by atoms with Crippen molar-refractivity contribution in [1.29, 1.82) is 0 Å². The van der Waals surface area contributed by atoms with Gasteiger partial charge in [-0.15, -0.1) is 0 Å². The number of hydrogen-bond donors (Lipinski definition) is 0. The van der Waals surface area contributed by atoms with Crippen LogP contribution in [0, 0.1) is 0 Å². The van der Waals surface area contributed by atoms with Gasteiger partial charge < -0.3 is 14.5 Å². The molecule has 1 aliphatic heterocycles. The average Bonchev–Trinajstić information content (AvgIpc) is 2.71. The Balaban J connectivity index is 1.73. The molecule has 1 amide bonds. The molecule has 0 bridgehead atoms. The fourth-order valence-corrected chi connectivity index (χ4v) is 4.33. The number of carbonyl (C=O) groups is 1. The van der Waals surface area contributed by atoms with Crippen molar-refractivity contribution in [1.82, 2.24) is 4.90 Å². The molecule has 0 saturated carbocycles. The fraction of sp³-hybridized carbons (Fsp3) is 0.350. The highest BCUT2D eigenvalue weighted by Gasteiger charge is 2.28. The van der Waals surface area contributed by atoms with Gasteiger partial charge in [0, 0.05) is 36.9 Å². The Labute approximate surface area is 176 Å². The van der Waals surface area contributed by atoms with E-state index in [0.29, 0.717) is 37.0 Å². The van der Waals surface area contributed by atoms with E-state index < -0.39 is 10.0 Å². The number of ether oxygens (including phenoxy) is 1. The molecule has 2 aromatic carbocycles. The number of sulfonamides is 1. The van der Waals surface area contributed by atoms with Crippen LogP contribution in [0.4, 0.5) is 11.4 Å². The number of hydrogen-bond acceptors (Lipinski definition) is 5. The van der Waals surface area contributed by atoms with Gasteiger partial charge in [-0.25, -0.2) is 8.42 Å². The van der Waals surface area contributed by atoms with Crippen LogP contribution < -0.4 is 13.9 Å². The number of methoxy groups -OCH3 is 1. The SMILES string of the molecule is COc1ccc(Cl)cc1N(CC(=O)N1CCN(c2ccccc2)CC1)S(C)(=O)=O. The summed E-state index contributed by atoms with van der Waals surface area (Å²) >= 11 is 6.05. The molecule has 0 unspecified atom stereocenters. The topological polar surface area (TPSA) is 70.2 Å². The van der Waals surface area contributed by atoms with Gasteiger partial charge in [0.25, 0.3) is 0 Å². The van der Waals surface area contributed by atoms with Crippen molar-refractivity contribution in [2.75, 3.05) is 55.3 Å². The van der Waals surface area contributed by atoms with Gasteiger partial charge in [-0.05, 0) is 30.3 Å². The van der Waals surface area contributed by atoms with E-state index in [4.69, 9.17) is 16.3 Å². The molecule has 0 atom stereocenters. The summed E-state index contributed by atoms with van der Waals surface area (Å²) in [4.78, 5) is 16.8. The van der Waals surface area contributed by atoms with Gasteiger partial charge in [-0.1, -0.05) is 29.8 Å². The first kappa shape index (κ1) is 21.3. The minimum absolute atomic E-state index is 0.249. The molecular weight excluding hydrogens is 414 g/mol. The Kier molecular flexibility index (Phi) is 6.54. The number of benzene rings is 2. The first-order valence-electron chi connectivity index (χ1n) is 9.18. The molecular formula is C20H24ClN3O4S. The van der Waals surface area contributed by atoms with E-state index in [1.807, 2.05) is 30.3 Å². The lowest BCUT2D eigenvalue weighted by atomic mass is 10.2. The van der Waals surface area contributed by atoms with Crippen molar-refractivity contribution in [2.45, 2.75) is 0 Å². The quantitative estimate of drug-likeness (QED) is 0.694. The molecule has 0 aliphatic carbocycles. The summed E-state index contributed by atoms with van der Waals surface area (Å²) in [5.41, 5.74) is 1.36. The first-order valence-corrected chi connectivity index (χ1v) is 11.4. The van der Waals surface area contributed by atoms with Crippen molar-refractivity contribution >= 4 is 38.9 Å². The summed E-state index contributed by atoms with van der Waals surface area (Å²) in [5.74, 6) is 0.0756. The highest BCUT2D eigenvalue weighted by molar-refractivity contribution is 7.92. The first-order chi connectivity index (χ1) is 13.8. The summed E-state index contributed by atoms with van der Waals surface area (Å²) in [6, 6.07) is 14.7. The van der Waals surface area contributed by atoms with E-state index >= 15 is 0 Å². The number of anilines is 2.